The van der Waals surface area contributed by atoms with Gasteiger partial charge in [-0.05, 0) is 60.5 Å². The molecule has 0 unspecified atom stereocenters. The fraction of sp³-hybridized carbons (Fsp3) is 0.161. The summed E-state index contributed by atoms with van der Waals surface area (Å²) in [6.07, 6.45) is 0.782. The van der Waals surface area contributed by atoms with Gasteiger partial charge < -0.3 is 30.3 Å². The predicted octanol–water partition coefficient (Wildman–Crippen LogP) is 4.48. The third kappa shape index (κ3) is 6.58. The molecular weight excluding hydrogens is 624 g/mol. The first kappa shape index (κ1) is 31.8. The second-order valence-corrected chi connectivity index (χ2v) is 12.1. The number of nitrogens with one attached hydrogen (secondary N) is 1. The Labute approximate surface area is 261 Å². The molecule has 0 aliphatic carbocycles. The number of aromatic hydroxyl groups is 1. The number of phenols is 1. The first-order chi connectivity index (χ1) is 21.8. The number of hydrogen-bond donors (Lipinski definition) is 4. The van der Waals surface area contributed by atoms with Gasteiger partial charge in [-0.3, -0.25) is 15.2 Å². The third-order valence-electron chi connectivity index (χ3n) is 7.01. The molecule has 5 rings (SSSR count). The van der Waals surface area contributed by atoms with Gasteiger partial charge in [-0.15, -0.1) is 0 Å². The molecule has 3 aromatic carbocycles. The smallest absolute Gasteiger partial charge is 0.303 e. The van der Waals surface area contributed by atoms with Gasteiger partial charge in [-0.2, -0.15) is 4.39 Å². The number of benzene rings is 3. The van der Waals surface area contributed by atoms with Crippen LogP contribution in [0.5, 0.6) is 28.9 Å². The number of nitrogens with two attached hydrogens (primary N) is 1. The molecule has 0 fully saturated rings. The molecule has 4 aromatic rings. The number of likely N-dealkylation sites (N-methyl/N-ethyl adjacent to an activating group) is 1. The van der Waals surface area contributed by atoms with Crippen LogP contribution in [0.1, 0.15) is 23.1 Å². The molecule has 0 atom stereocenters. The van der Waals surface area contributed by atoms with Crippen molar-refractivity contribution in [3.63, 3.8) is 0 Å². The average molecular weight is 652 g/mol. The van der Waals surface area contributed by atoms with E-state index in [1.165, 1.54) is 60.7 Å². The summed E-state index contributed by atoms with van der Waals surface area (Å²) < 4.78 is 68.8. The molecule has 46 heavy (non-hydrogen) atoms. The highest BCUT2D eigenvalue weighted by Gasteiger charge is 2.27. The van der Waals surface area contributed by atoms with E-state index in [2.05, 4.69) is 9.98 Å². The Morgan fingerprint density at radius 1 is 1.04 bits per heavy atom. The number of sulfone groups is 1. The van der Waals surface area contributed by atoms with Gasteiger partial charge in [-0.1, -0.05) is 12.1 Å². The SMILES string of the molecule is CN1CCN=C1c1cc(S(=O)(=O)c2ccc(CCC(=O)O)cc2)ccc1Oc1c(F)cnc(Oc2cc(C(=N)N)ccc2O)c1F. The number of rotatable bonds is 11. The Morgan fingerprint density at radius 2 is 1.76 bits per heavy atom. The number of halogens is 2. The van der Waals surface area contributed by atoms with E-state index in [4.69, 9.17) is 25.7 Å². The van der Waals surface area contributed by atoms with Crippen LogP contribution in [0.3, 0.4) is 0 Å². The van der Waals surface area contributed by atoms with Crippen molar-refractivity contribution >= 4 is 27.5 Å². The quantitative estimate of drug-likeness (QED) is 0.133. The van der Waals surface area contributed by atoms with Crippen molar-refractivity contribution in [1.82, 2.24) is 9.88 Å². The normalized spacial score (nSPS) is 12.9. The summed E-state index contributed by atoms with van der Waals surface area (Å²) in [6, 6.07) is 13.3. The largest absolute Gasteiger partial charge is 0.504 e. The van der Waals surface area contributed by atoms with Gasteiger partial charge >= 0.3 is 5.97 Å². The number of carbonyl (C=O) groups is 1. The van der Waals surface area contributed by atoms with Crippen molar-refractivity contribution in [2.45, 2.75) is 22.6 Å². The number of nitrogen functional groups attached to an aromatic ring is 1. The van der Waals surface area contributed by atoms with Gasteiger partial charge in [0, 0.05) is 25.6 Å². The van der Waals surface area contributed by atoms with Gasteiger partial charge in [0.15, 0.2) is 17.3 Å². The summed E-state index contributed by atoms with van der Waals surface area (Å²) in [5, 5.41) is 26.6. The van der Waals surface area contributed by atoms with Gasteiger partial charge in [0.1, 0.15) is 17.4 Å². The van der Waals surface area contributed by atoms with Crippen molar-refractivity contribution in [2.24, 2.45) is 10.7 Å². The summed E-state index contributed by atoms with van der Waals surface area (Å²) >= 11 is 0. The lowest BCUT2D eigenvalue weighted by atomic mass is 10.1. The molecule has 0 amide bonds. The highest BCUT2D eigenvalue weighted by Crippen LogP contribution is 2.38. The minimum absolute atomic E-state index is 0.0435. The van der Waals surface area contributed by atoms with Crippen molar-refractivity contribution in [3.05, 3.63) is 95.2 Å². The molecule has 1 aliphatic rings. The summed E-state index contributed by atoms with van der Waals surface area (Å²) in [5.41, 5.74) is 6.44. The predicted molar refractivity (Wildman–Crippen MR) is 162 cm³/mol. The zero-order chi connectivity index (χ0) is 33.2. The van der Waals surface area contributed by atoms with E-state index in [1.807, 2.05) is 0 Å². The standard InChI is InChI=1S/C31H27F2N5O7S/c1-38-13-12-36-30(38)21-15-20(46(42,43)19-6-2-17(3-7-19)4-11-26(40)41)8-10-24(21)44-28-22(32)16-37-31(27(28)33)45-25-14-18(29(34)35)5-9-23(25)39/h2-3,5-10,14-16,39H,4,11-13H2,1H3,(H3,34,35)(H,40,41). The van der Waals surface area contributed by atoms with Crippen LogP contribution in [0, 0.1) is 17.0 Å². The van der Waals surface area contributed by atoms with Crippen LogP contribution in [0.4, 0.5) is 8.78 Å². The molecule has 0 bridgehead atoms. The first-order valence-electron chi connectivity index (χ1n) is 13.7. The monoisotopic (exact) mass is 651 g/mol. The van der Waals surface area contributed by atoms with Crippen molar-refractivity contribution < 1.29 is 41.7 Å². The van der Waals surface area contributed by atoms with Crippen molar-refractivity contribution in [1.29, 1.82) is 5.41 Å². The number of aliphatic imine (C=N–C) groups is 1. The van der Waals surface area contributed by atoms with E-state index in [9.17, 15) is 22.7 Å². The topological polar surface area (TPSA) is 188 Å². The number of aryl methyl sites for hydroxylation is 1. The lowest BCUT2D eigenvalue weighted by Gasteiger charge is -2.19. The van der Waals surface area contributed by atoms with E-state index in [0.717, 1.165) is 0 Å². The highest BCUT2D eigenvalue weighted by atomic mass is 32.2. The average Bonchev–Trinajstić information content (AvgIpc) is 3.46. The minimum Gasteiger partial charge on any atom is -0.504 e. The highest BCUT2D eigenvalue weighted by molar-refractivity contribution is 7.91. The second kappa shape index (κ2) is 12.8. The number of amidine groups is 2. The van der Waals surface area contributed by atoms with E-state index < -0.39 is 44.8 Å². The Balaban J connectivity index is 1.51. The van der Waals surface area contributed by atoms with E-state index >= 15 is 4.39 Å². The number of carboxylic acid groups (broad SMARTS) is 1. The van der Waals surface area contributed by atoms with Crippen LogP contribution in [-0.4, -0.2) is 66.3 Å². The summed E-state index contributed by atoms with van der Waals surface area (Å²) in [5.74, 6) is -6.05. The number of carboxylic acids is 1. The van der Waals surface area contributed by atoms with Gasteiger partial charge in [0.25, 0.3) is 5.88 Å². The Bertz CT molecular complexity index is 1990. The Kier molecular flexibility index (Phi) is 8.87. The van der Waals surface area contributed by atoms with Crippen molar-refractivity contribution in [3.8, 4) is 28.9 Å². The maximum atomic E-state index is 15.6. The lowest BCUT2D eigenvalue weighted by molar-refractivity contribution is -0.136. The maximum absolute atomic E-state index is 15.6. The fourth-order valence-electron chi connectivity index (χ4n) is 4.56. The van der Waals surface area contributed by atoms with Crippen LogP contribution in [0.2, 0.25) is 0 Å². The number of nitrogens with zero attached hydrogens (tertiary/aromatic N) is 3. The number of phenolic OH excluding ortho intramolecular Hbond substituents is 1. The fourth-order valence-corrected chi connectivity index (χ4v) is 5.85. The van der Waals surface area contributed by atoms with Crippen LogP contribution in [0.15, 0.2) is 81.6 Å². The molecule has 15 heteroatoms. The number of hydrogen-bond acceptors (Lipinski definition) is 10. The van der Waals surface area contributed by atoms with Crippen LogP contribution in [0.25, 0.3) is 0 Å². The molecule has 238 valence electrons. The van der Waals surface area contributed by atoms with E-state index in [1.54, 1.807) is 11.9 Å². The molecule has 0 radical (unpaired) electrons. The molecular formula is C31H27F2N5O7S. The zero-order valence-corrected chi connectivity index (χ0v) is 25.0. The molecule has 0 saturated carbocycles. The minimum atomic E-state index is -4.09. The van der Waals surface area contributed by atoms with Crippen LogP contribution < -0.4 is 15.2 Å². The van der Waals surface area contributed by atoms with Gasteiger partial charge in [0.2, 0.25) is 21.4 Å². The van der Waals surface area contributed by atoms with Crippen LogP contribution >= 0.6 is 0 Å². The van der Waals surface area contributed by atoms with Gasteiger partial charge in [0.05, 0.1) is 28.1 Å². The Hall–Kier alpha value is -5.57. The summed E-state index contributed by atoms with van der Waals surface area (Å²) in [6.45, 7) is 0.890. The molecule has 2 heterocycles. The molecule has 0 saturated heterocycles. The number of ether oxygens (including phenoxy) is 2. The Morgan fingerprint density at radius 3 is 2.41 bits per heavy atom. The first-order valence-corrected chi connectivity index (χ1v) is 15.2. The molecule has 0 spiro atoms. The lowest BCUT2D eigenvalue weighted by Crippen LogP contribution is -2.24. The van der Waals surface area contributed by atoms with E-state index in [0.29, 0.717) is 30.7 Å². The molecule has 12 nitrogen and oxygen atoms in total. The van der Waals surface area contributed by atoms with Crippen molar-refractivity contribution in [2.75, 3.05) is 20.1 Å². The van der Waals surface area contributed by atoms with Gasteiger partial charge in [-0.25, -0.2) is 17.8 Å². The van der Waals surface area contributed by atoms with E-state index in [-0.39, 0.29) is 51.1 Å². The number of aliphatic carboxylic acids is 1. The molecule has 5 N–H and O–H groups in total. The third-order valence-corrected chi connectivity index (χ3v) is 8.78. The zero-order valence-electron chi connectivity index (χ0n) is 24.2. The summed E-state index contributed by atoms with van der Waals surface area (Å²) in [7, 11) is -2.37. The molecule has 1 aromatic heterocycles. The number of aromatic nitrogens is 1. The van der Waals surface area contributed by atoms with Crippen LogP contribution in [-0.2, 0) is 21.1 Å². The second-order valence-electron chi connectivity index (χ2n) is 10.2. The maximum Gasteiger partial charge on any atom is 0.303 e. The summed E-state index contributed by atoms with van der Waals surface area (Å²) in [4.78, 5) is 20.5. The number of pyridine rings is 1. The molecule has 1 aliphatic heterocycles.